The van der Waals surface area contributed by atoms with E-state index in [9.17, 15) is 13.2 Å². The lowest BCUT2D eigenvalue weighted by Crippen LogP contribution is -2.49. The number of hydrogen-bond acceptors (Lipinski definition) is 4. The quantitative estimate of drug-likeness (QED) is 0.830. The van der Waals surface area contributed by atoms with E-state index in [-0.39, 0.29) is 29.9 Å². The third kappa shape index (κ3) is 3.72. The molecule has 3 rings (SSSR count). The summed E-state index contributed by atoms with van der Waals surface area (Å²) >= 11 is 0. The second-order valence-corrected chi connectivity index (χ2v) is 10.4. The van der Waals surface area contributed by atoms with Crippen molar-refractivity contribution >= 4 is 15.9 Å². The molecule has 28 heavy (non-hydrogen) atoms. The van der Waals surface area contributed by atoms with Crippen molar-refractivity contribution in [1.82, 2.24) is 9.62 Å². The Bertz CT molecular complexity index is 855. The van der Waals surface area contributed by atoms with E-state index in [1.54, 1.807) is 11.4 Å². The second-order valence-electron chi connectivity index (χ2n) is 8.48. The van der Waals surface area contributed by atoms with Gasteiger partial charge in [-0.05, 0) is 74.6 Å². The third-order valence-electron chi connectivity index (χ3n) is 6.67. The molecule has 0 unspecified atom stereocenters. The molecule has 0 bridgehead atoms. The van der Waals surface area contributed by atoms with Gasteiger partial charge < -0.3 is 10.1 Å². The number of carbonyl (C=O) groups is 1. The highest BCUT2D eigenvalue weighted by Crippen LogP contribution is 2.40. The van der Waals surface area contributed by atoms with Gasteiger partial charge in [-0.1, -0.05) is 6.07 Å². The minimum atomic E-state index is -3.56. The minimum absolute atomic E-state index is 0.0592. The topological polar surface area (TPSA) is 75.7 Å². The summed E-state index contributed by atoms with van der Waals surface area (Å²) in [4.78, 5) is 12.0. The summed E-state index contributed by atoms with van der Waals surface area (Å²) in [5.74, 6) is 0.426. The fourth-order valence-corrected chi connectivity index (χ4v) is 7.07. The van der Waals surface area contributed by atoms with Gasteiger partial charge in [-0.15, -0.1) is 0 Å². The fraction of sp³-hybridized carbons (Fsp3) is 0.667. The first kappa shape index (κ1) is 21.3. The summed E-state index contributed by atoms with van der Waals surface area (Å²) in [6.45, 7) is 10.3. The first-order valence-electron chi connectivity index (χ1n) is 9.93. The molecule has 1 amide bonds. The van der Waals surface area contributed by atoms with E-state index in [4.69, 9.17) is 4.74 Å². The van der Waals surface area contributed by atoms with Gasteiger partial charge in [0.25, 0.3) is 0 Å². The summed E-state index contributed by atoms with van der Waals surface area (Å²) in [7, 11) is -1.90. The van der Waals surface area contributed by atoms with Crippen molar-refractivity contribution in [2.45, 2.75) is 64.5 Å². The van der Waals surface area contributed by atoms with Crippen molar-refractivity contribution in [3.05, 3.63) is 28.3 Å². The third-order valence-corrected chi connectivity index (χ3v) is 8.78. The molecule has 1 saturated heterocycles. The molecule has 7 heteroatoms. The van der Waals surface area contributed by atoms with Crippen LogP contribution in [0.3, 0.4) is 0 Å². The Morgan fingerprint density at radius 3 is 2.11 bits per heavy atom. The molecular formula is C21H32N2O4S. The van der Waals surface area contributed by atoms with E-state index >= 15 is 0 Å². The SMILES string of the molecule is CO[C@@H]1C[C@H]2CN(S(=O)(=O)c3c(C)c(C)cc(C)c3C)C[C@H]2C[C@H]1NC(C)=O. The van der Waals surface area contributed by atoms with Gasteiger partial charge in [-0.25, -0.2) is 8.42 Å². The van der Waals surface area contributed by atoms with Crippen molar-refractivity contribution in [2.75, 3.05) is 20.2 Å². The first-order chi connectivity index (χ1) is 13.1. The molecule has 0 spiro atoms. The van der Waals surface area contributed by atoms with Gasteiger partial charge >= 0.3 is 0 Å². The summed E-state index contributed by atoms with van der Waals surface area (Å²) in [6.07, 6.45) is 1.44. The van der Waals surface area contributed by atoms with Crippen LogP contribution in [0.4, 0.5) is 0 Å². The van der Waals surface area contributed by atoms with Crippen LogP contribution in [0.15, 0.2) is 11.0 Å². The second kappa shape index (κ2) is 7.76. The lowest BCUT2D eigenvalue weighted by molar-refractivity contribution is -0.121. The number of nitrogens with zero attached hydrogens (tertiary/aromatic N) is 1. The molecule has 2 fully saturated rings. The fourth-order valence-electron chi connectivity index (χ4n) is 4.94. The van der Waals surface area contributed by atoms with E-state index in [1.807, 2.05) is 27.7 Å². The Morgan fingerprint density at radius 1 is 1.07 bits per heavy atom. The molecule has 1 aromatic rings. The van der Waals surface area contributed by atoms with E-state index < -0.39 is 10.0 Å². The molecular weight excluding hydrogens is 376 g/mol. The Balaban J connectivity index is 1.89. The molecule has 6 nitrogen and oxygen atoms in total. The summed E-state index contributed by atoms with van der Waals surface area (Å²) in [5.41, 5.74) is 3.68. The molecule has 1 aromatic carbocycles. The number of methoxy groups -OCH3 is 1. The number of amides is 1. The van der Waals surface area contributed by atoms with E-state index in [2.05, 4.69) is 11.4 Å². The monoisotopic (exact) mass is 408 g/mol. The minimum Gasteiger partial charge on any atom is -0.379 e. The van der Waals surface area contributed by atoms with Gasteiger partial charge in [0.05, 0.1) is 17.0 Å². The average molecular weight is 409 g/mol. The molecule has 1 saturated carbocycles. The van der Waals surface area contributed by atoms with Gasteiger partial charge in [0.15, 0.2) is 0 Å². The number of carbonyl (C=O) groups excluding carboxylic acids is 1. The molecule has 1 heterocycles. The van der Waals surface area contributed by atoms with E-state index in [1.165, 1.54) is 6.92 Å². The number of hydrogen-bond donors (Lipinski definition) is 1. The van der Waals surface area contributed by atoms with Crippen LogP contribution >= 0.6 is 0 Å². The van der Waals surface area contributed by atoms with Crippen LogP contribution in [0.25, 0.3) is 0 Å². The van der Waals surface area contributed by atoms with Crippen LogP contribution in [0.5, 0.6) is 0 Å². The molecule has 2 aliphatic rings. The number of sulfonamides is 1. The smallest absolute Gasteiger partial charge is 0.243 e. The van der Waals surface area contributed by atoms with Gasteiger partial charge in [-0.2, -0.15) is 4.31 Å². The molecule has 0 radical (unpaired) electrons. The van der Waals surface area contributed by atoms with Crippen molar-refractivity contribution in [3.8, 4) is 0 Å². The van der Waals surface area contributed by atoms with Gasteiger partial charge in [-0.3, -0.25) is 4.79 Å². The van der Waals surface area contributed by atoms with Gasteiger partial charge in [0, 0.05) is 27.1 Å². The van der Waals surface area contributed by atoms with Gasteiger partial charge in [0.2, 0.25) is 15.9 Å². The number of benzene rings is 1. The molecule has 156 valence electrons. The Labute approximate surface area is 168 Å². The maximum absolute atomic E-state index is 13.6. The number of nitrogens with one attached hydrogen (secondary N) is 1. The highest BCUT2D eigenvalue weighted by atomic mass is 32.2. The normalized spacial score (nSPS) is 28.2. The predicted molar refractivity (Wildman–Crippen MR) is 109 cm³/mol. The number of aryl methyl sites for hydroxylation is 2. The summed E-state index contributed by atoms with van der Waals surface area (Å²) in [6, 6.07) is 1.99. The number of fused-ring (bicyclic) bond motifs is 1. The molecule has 0 aromatic heterocycles. The Hall–Kier alpha value is -1.44. The number of ether oxygens (including phenoxy) is 1. The van der Waals surface area contributed by atoms with Gasteiger partial charge in [0.1, 0.15) is 0 Å². The Kier molecular flexibility index (Phi) is 5.90. The van der Waals surface area contributed by atoms with Crippen LogP contribution in [-0.4, -0.2) is 51.0 Å². The molecule has 1 N–H and O–H groups in total. The molecule has 1 aliphatic carbocycles. The highest BCUT2D eigenvalue weighted by Gasteiger charge is 2.46. The van der Waals surface area contributed by atoms with Crippen molar-refractivity contribution in [1.29, 1.82) is 0 Å². The summed E-state index contributed by atoms with van der Waals surface area (Å²) in [5, 5.41) is 2.98. The van der Waals surface area contributed by atoms with Crippen LogP contribution in [0.2, 0.25) is 0 Å². The average Bonchev–Trinajstić information content (AvgIpc) is 3.02. The van der Waals surface area contributed by atoms with Crippen LogP contribution in [-0.2, 0) is 19.6 Å². The molecule has 1 aliphatic heterocycles. The Morgan fingerprint density at radius 2 is 1.61 bits per heavy atom. The number of rotatable bonds is 4. The van der Waals surface area contributed by atoms with Crippen LogP contribution < -0.4 is 5.32 Å². The largest absolute Gasteiger partial charge is 0.379 e. The van der Waals surface area contributed by atoms with Crippen molar-refractivity contribution in [2.24, 2.45) is 11.8 Å². The lowest BCUT2D eigenvalue weighted by atomic mass is 9.77. The predicted octanol–water partition coefficient (Wildman–Crippen LogP) is 2.47. The van der Waals surface area contributed by atoms with Crippen LogP contribution in [0, 0.1) is 39.5 Å². The summed E-state index contributed by atoms with van der Waals surface area (Å²) < 4.78 is 34.4. The maximum Gasteiger partial charge on any atom is 0.243 e. The highest BCUT2D eigenvalue weighted by molar-refractivity contribution is 7.89. The lowest BCUT2D eigenvalue weighted by Gasteiger charge is -2.37. The van der Waals surface area contributed by atoms with Crippen LogP contribution in [0.1, 0.15) is 42.0 Å². The van der Waals surface area contributed by atoms with E-state index in [0.717, 1.165) is 35.1 Å². The maximum atomic E-state index is 13.6. The van der Waals surface area contributed by atoms with Crippen molar-refractivity contribution < 1.29 is 17.9 Å². The van der Waals surface area contributed by atoms with Crippen molar-refractivity contribution in [3.63, 3.8) is 0 Å². The standard InChI is InChI=1S/C21H32N2O4S/c1-12-7-13(2)15(4)21(14(12)3)28(25,26)23-10-17-8-19(22-16(5)24)20(27-6)9-18(17)11-23/h7,17-20H,8-11H2,1-6H3,(H,22,24)/t17-,18+,19-,20-/m1/s1. The zero-order chi connectivity index (χ0) is 20.8. The zero-order valence-electron chi connectivity index (χ0n) is 17.7. The van der Waals surface area contributed by atoms with E-state index in [0.29, 0.717) is 18.0 Å². The zero-order valence-corrected chi connectivity index (χ0v) is 18.5. The molecule has 4 atom stereocenters. The first-order valence-corrected chi connectivity index (χ1v) is 11.4.